The maximum atomic E-state index is 13.0. The van der Waals surface area contributed by atoms with E-state index in [0.717, 1.165) is 22.2 Å². The normalized spacial score (nSPS) is 12.8. The van der Waals surface area contributed by atoms with Crippen molar-refractivity contribution in [2.45, 2.75) is 19.4 Å². The van der Waals surface area contributed by atoms with E-state index in [9.17, 15) is 9.59 Å². The molecule has 1 aliphatic heterocycles. The van der Waals surface area contributed by atoms with E-state index in [2.05, 4.69) is 17.1 Å². The van der Waals surface area contributed by atoms with Crippen LogP contribution in [0.5, 0.6) is 11.5 Å². The fourth-order valence-electron chi connectivity index (χ4n) is 3.81. The number of ether oxygens (including phenoxy) is 3. The first-order valence-electron chi connectivity index (χ1n) is 10.8. The number of rotatable bonds is 6. The van der Waals surface area contributed by atoms with Gasteiger partial charge in [0, 0.05) is 24.2 Å². The Morgan fingerprint density at radius 1 is 1.00 bits per heavy atom. The van der Waals surface area contributed by atoms with Gasteiger partial charge in [0.05, 0.1) is 23.7 Å². The van der Waals surface area contributed by atoms with E-state index in [1.54, 1.807) is 12.1 Å². The molecule has 3 aromatic carbocycles. The van der Waals surface area contributed by atoms with Gasteiger partial charge in [-0.2, -0.15) is 4.99 Å². The van der Waals surface area contributed by atoms with Gasteiger partial charge in [-0.25, -0.2) is 0 Å². The van der Waals surface area contributed by atoms with E-state index in [1.807, 2.05) is 47.0 Å². The lowest BCUT2D eigenvalue weighted by Crippen LogP contribution is -2.19. The third-order valence-electron chi connectivity index (χ3n) is 5.59. The summed E-state index contributed by atoms with van der Waals surface area (Å²) in [6, 6.07) is 21.4. The van der Waals surface area contributed by atoms with Crippen LogP contribution in [0.2, 0.25) is 0 Å². The molecular weight excluding hydrogens is 452 g/mol. The van der Waals surface area contributed by atoms with Crippen molar-refractivity contribution in [3.05, 3.63) is 88.2 Å². The smallest absolute Gasteiger partial charge is 0.307 e. The summed E-state index contributed by atoms with van der Waals surface area (Å²) in [7, 11) is 1.35. The summed E-state index contributed by atoms with van der Waals surface area (Å²) in [4.78, 5) is 29.7. The summed E-state index contributed by atoms with van der Waals surface area (Å²) in [6.45, 7) is 0.499. The van der Waals surface area contributed by atoms with Gasteiger partial charge in [-0.1, -0.05) is 53.8 Å². The molecule has 7 nitrogen and oxygen atoms in total. The van der Waals surface area contributed by atoms with Gasteiger partial charge >= 0.3 is 5.97 Å². The number of benzene rings is 3. The van der Waals surface area contributed by atoms with E-state index in [-0.39, 0.29) is 25.1 Å². The Morgan fingerprint density at radius 3 is 2.44 bits per heavy atom. The molecular formula is C26H22N2O5S. The van der Waals surface area contributed by atoms with E-state index >= 15 is 0 Å². The van der Waals surface area contributed by atoms with Crippen molar-refractivity contribution in [3.63, 3.8) is 0 Å². The number of nitrogens with zero attached hydrogens (tertiary/aromatic N) is 2. The third-order valence-corrected chi connectivity index (χ3v) is 6.63. The van der Waals surface area contributed by atoms with Gasteiger partial charge in [-0.05, 0) is 29.7 Å². The maximum Gasteiger partial charge on any atom is 0.307 e. The number of carbonyl (C=O) groups excluding carboxylic acids is 2. The number of amides is 1. The number of aromatic nitrogens is 1. The highest BCUT2D eigenvalue weighted by atomic mass is 32.1. The molecule has 0 spiro atoms. The maximum absolute atomic E-state index is 13.0. The lowest BCUT2D eigenvalue weighted by atomic mass is 10.0. The van der Waals surface area contributed by atoms with Crippen LogP contribution in [0.1, 0.15) is 27.9 Å². The van der Waals surface area contributed by atoms with E-state index in [4.69, 9.17) is 14.2 Å². The summed E-state index contributed by atoms with van der Waals surface area (Å²) in [6.07, 6.45) is 0.956. The SMILES string of the molecule is COC(=O)CCn1c(=NC(=O)c2ccc(Cc3ccccc3)cc2)sc2cc3c(cc21)OCO3. The van der Waals surface area contributed by atoms with Gasteiger partial charge in [-0.3, -0.25) is 9.59 Å². The predicted molar refractivity (Wildman–Crippen MR) is 128 cm³/mol. The van der Waals surface area contributed by atoms with Crippen LogP contribution in [-0.4, -0.2) is 30.3 Å². The van der Waals surface area contributed by atoms with Crippen LogP contribution < -0.4 is 14.3 Å². The zero-order chi connectivity index (χ0) is 23.5. The second-order valence-electron chi connectivity index (χ2n) is 7.81. The van der Waals surface area contributed by atoms with Crippen molar-refractivity contribution >= 4 is 33.4 Å². The highest BCUT2D eigenvalue weighted by molar-refractivity contribution is 7.16. The van der Waals surface area contributed by atoms with Gasteiger partial charge in [0.2, 0.25) is 6.79 Å². The zero-order valence-electron chi connectivity index (χ0n) is 18.5. The van der Waals surface area contributed by atoms with Crippen molar-refractivity contribution < 1.29 is 23.8 Å². The molecule has 8 heteroatoms. The number of carbonyl (C=O) groups is 2. The molecule has 0 unspecified atom stereocenters. The average Bonchev–Trinajstić information content (AvgIpc) is 3.45. The molecule has 2 heterocycles. The second kappa shape index (κ2) is 9.52. The first kappa shape index (κ1) is 21.9. The minimum absolute atomic E-state index is 0.159. The molecule has 0 radical (unpaired) electrons. The third kappa shape index (κ3) is 4.58. The topological polar surface area (TPSA) is 79.1 Å². The molecule has 4 aromatic rings. The molecule has 0 atom stereocenters. The van der Waals surface area contributed by atoms with Crippen LogP contribution in [0.3, 0.4) is 0 Å². The molecule has 34 heavy (non-hydrogen) atoms. The Balaban J connectivity index is 1.46. The molecule has 172 valence electrons. The summed E-state index contributed by atoms with van der Waals surface area (Å²) < 4.78 is 18.5. The van der Waals surface area contributed by atoms with Crippen molar-refractivity contribution in [3.8, 4) is 11.5 Å². The lowest BCUT2D eigenvalue weighted by molar-refractivity contribution is -0.140. The van der Waals surface area contributed by atoms with Gasteiger partial charge in [0.25, 0.3) is 5.91 Å². The van der Waals surface area contributed by atoms with Crippen LogP contribution in [0.25, 0.3) is 10.2 Å². The Labute approximate surface area is 199 Å². The Hall–Kier alpha value is -3.91. The van der Waals surface area contributed by atoms with E-state index in [0.29, 0.717) is 28.4 Å². The van der Waals surface area contributed by atoms with Crippen molar-refractivity contribution in [1.29, 1.82) is 0 Å². The highest BCUT2D eigenvalue weighted by Gasteiger charge is 2.18. The molecule has 0 aliphatic carbocycles. The number of fused-ring (bicyclic) bond motifs is 2. The summed E-state index contributed by atoms with van der Waals surface area (Å²) in [5.41, 5.74) is 3.65. The molecule has 0 saturated carbocycles. The number of aryl methyl sites for hydroxylation is 1. The average molecular weight is 475 g/mol. The summed E-state index contributed by atoms with van der Waals surface area (Å²) >= 11 is 1.36. The molecule has 0 bridgehead atoms. The number of hydrogen-bond donors (Lipinski definition) is 0. The first-order chi connectivity index (χ1) is 16.6. The minimum Gasteiger partial charge on any atom is -0.469 e. The fraction of sp³-hybridized carbons (Fsp3) is 0.192. The molecule has 0 N–H and O–H groups in total. The van der Waals surface area contributed by atoms with Gasteiger partial charge in [0.15, 0.2) is 16.3 Å². The number of hydrogen-bond acceptors (Lipinski definition) is 6. The summed E-state index contributed by atoms with van der Waals surface area (Å²) in [5, 5.41) is 0. The van der Waals surface area contributed by atoms with Gasteiger partial charge in [0.1, 0.15) is 0 Å². The minimum atomic E-state index is -0.343. The van der Waals surface area contributed by atoms with E-state index in [1.165, 1.54) is 24.0 Å². The standard InChI is InChI=1S/C26H22N2O5S/c1-31-24(29)11-12-28-20-14-21-22(33-16-32-21)15-23(20)34-26(28)27-25(30)19-9-7-18(8-10-19)13-17-5-3-2-4-6-17/h2-10,14-15H,11-13,16H2,1H3. The van der Waals surface area contributed by atoms with Gasteiger partial charge < -0.3 is 18.8 Å². The lowest BCUT2D eigenvalue weighted by Gasteiger charge is -2.05. The monoisotopic (exact) mass is 474 g/mol. The molecule has 5 rings (SSSR count). The van der Waals surface area contributed by atoms with E-state index < -0.39 is 0 Å². The second-order valence-corrected chi connectivity index (χ2v) is 8.82. The van der Waals surface area contributed by atoms with Crippen molar-refractivity contribution in [1.82, 2.24) is 4.57 Å². The molecule has 0 saturated heterocycles. The number of thiazole rings is 1. The Morgan fingerprint density at radius 2 is 1.71 bits per heavy atom. The first-order valence-corrected chi connectivity index (χ1v) is 11.6. The quantitative estimate of drug-likeness (QED) is 0.389. The zero-order valence-corrected chi connectivity index (χ0v) is 19.3. The van der Waals surface area contributed by atoms with Crippen molar-refractivity contribution in [2.75, 3.05) is 13.9 Å². The largest absolute Gasteiger partial charge is 0.469 e. The van der Waals surface area contributed by atoms with Gasteiger partial charge in [-0.15, -0.1) is 0 Å². The fourth-order valence-corrected chi connectivity index (χ4v) is 4.88. The molecule has 0 fully saturated rings. The number of methoxy groups -OCH3 is 1. The predicted octanol–water partition coefficient (Wildman–Crippen LogP) is 4.33. The van der Waals surface area contributed by atoms with Crippen molar-refractivity contribution in [2.24, 2.45) is 4.99 Å². The number of esters is 1. The van der Waals surface area contributed by atoms with Crippen LogP contribution in [0, 0.1) is 0 Å². The van der Waals surface area contributed by atoms with Crippen LogP contribution >= 0.6 is 11.3 Å². The summed E-state index contributed by atoms with van der Waals surface area (Å²) in [5.74, 6) is 0.605. The Bertz CT molecular complexity index is 1420. The Kier molecular flexibility index (Phi) is 6.14. The molecule has 1 aromatic heterocycles. The molecule has 1 amide bonds. The van der Waals surface area contributed by atoms with Crippen LogP contribution in [0.4, 0.5) is 0 Å². The highest BCUT2D eigenvalue weighted by Crippen LogP contribution is 2.37. The van der Waals surface area contributed by atoms with Crippen LogP contribution in [0.15, 0.2) is 71.7 Å². The molecule has 1 aliphatic rings. The van der Waals surface area contributed by atoms with Crippen LogP contribution in [-0.2, 0) is 22.5 Å².